The van der Waals surface area contributed by atoms with Crippen LogP contribution in [0.2, 0.25) is 0 Å². The molecule has 0 spiro atoms. The van der Waals surface area contributed by atoms with Crippen LogP contribution in [0.5, 0.6) is 11.5 Å². The predicted octanol–water partition coefficient (Wildman–Crippen LogP) is 4.87. The summed E-state index contributed by atoms with van der Waals surface area (Å²) >= 11 is 3.40. The van der Waals surface area contributed by atoms with Crippen LogP contribution in [0.4, 0.5) is 10.1 Å². The molecular formula is C16H17BrFNO2. The van der Waals surface area contributed by atoms with Crippen molar-refractivity contribution in [3.05, 3.63) is 52.3 Å². The molecule has 1 unspecified atom stereocenters. The number of hydrogen-bond acceptors (Lipinski definition) is 3. The number of halogens is 2. The molecular weight excluding hydrogens is 337 g/mol. The Balaban J connectivity index is 2.29. The molecule has 0 aromatic heterocycles. The minimum absolute atomic E-state index is 0.0855. The van der Waals surface area contributed by atoms with Crippen LogP contribution in [0.15, 0.2) is 40.9 Å². The monoisotopic (exact) mass is 353 g/mol. The van der Waals surface area contributed by atoms with Crippen molar-refractivity contribution in [1.29, 1.82) is 0 Å². The second-order valence-electron chi connectivity index (χ2n) is 4.66. The molecule has 3 nitrogen and oxygen atoms in total. The number of aromatic hydroxyl groups is 1. The van der Waals surface area contributed by atoms with Gasteiger partial charge in [0.25, 0.3) is 0 Å². The summed E-state index contributed by atoms with van der Waals surface area (Å²) in [4.78, 5) is 0. The van der Waals surface area contributed by atoms with Crippen LogP contribution < -0.4 is 10.1 Å². The summed E-state index contributed by atoms with van der Waals surface area (Å²) < 4.78 is 19.3. The van der Waals surface area contributed by atoms with E-state index in [0.29, 0.717) is 0 Å². The van der Waals surface area contributed by atoms with E-state index in [1.165, 1.54) is 13.2 Å². The predicted molar refractivity (Wildman–Crippen MR) is 85.4 cm³/mol. The molecule has 2 aromatic carbocycles. The first-order valence-corrected chi connectivity index (χ1v) is 7.43. The van der Waals surface area contributed by atoms with E-state index in [2.05, 4.69) is 21.2 Å². The van der Waals surface area contributed by atoms with E-state index in [1.54, 1.807) is 24.3 Å². The maximum absolute atomic E-state index is 13.4. The largest absolute Gasteiger partial charge is 0.508 e. The van der Waals surface area contributed by atoms with Gasteiger partial charge < -0.3 is 15.2 Å². The Labute approximate surface area is 131 Å². The zero-order valence-electron chi connectivity index (χ0n) is 11.9. The van der Waals surface area contributed by atoms with Gasteiger partial charge in [0.05, 0.1) is 13.2 Å². The van der Waals surface area contributed by atoms with Gasteiger partial charge in [-0.25, -0.2) is 4.39 Å². The Morgan fingerprint density at radius 1 is 1.29 bits per heavy atom. The first-order valence-electron chi connectivity index (χ1n) is 6.63. The Morgan fingerprint density at radius 2 is 2.05 bits per heavy atom. The fourth-order valence-electron chi connectivity index (χ4n) is 2.15. The summed E-state index contributed by atoms with van der Waals surface area (Å²) in [5, 5.41) is 13.3. The number of ether oxygens (including phenoxy) is 1. The van der Waals surface area contributed by atoms with E-state index in [4.69, 9.17) is 4.74 Å². The number of phenols is 1. The van der Waals surface area contributed by atoms with Crippen LogP contribution >= 0.6 is 15.9 Å². The van der Waals surface area contributed by atoms with E-state index in [1.807, 2.05) is 13.0 Å². The average molecular weight is 354 g/mol. The number of methoxy groups -OCH3 is 1. The second kappa shape index (κ2) is 6.80. The van der Waals surface area contributed by atoms with Crippen LogP contribution in [-0.2, 0) is 0 Å². The second-order valence-corrected chi connectivity index (χ2v) is 5.57. The Hall–Kier alpha value is -1.75. The summed E-state index contributed by atoms with van der Waals surface area (Å²) in [6.45, 7) is 2.01. The first kappa shape index (κ1) is 15.6. The van der Waals surface area contributed by atoms with Gasteiger partial charge >= 0.3 is 0 Å². The highest BCUT2D eigenvalue weighted by atomic mass is 79.9. The molecule has 21 heavy (non-hydrogen) atoms. The van der Waals surface area contributed by atoms with Crippen molar-refractivity contribution < 1.29 is 14.2 Å². The summed E-state index contributed by atoms with van der Waals surface area (Å²) in [7, 11) is 1.43. The quantitative estimate of drug-likeness (QED) is 0.805. The van der Waals surface area contributed by atoms with E-state index < -0.39 is 5.82 Å². The molecule has 0 aliphatic rings. The van der Waals surface area contributed by atoms with Gasteiger partial charge in [0.1, 0.15) is 5.75 Å². The molecule has 0 saturated carbocycles. The smallest absolute Gasteiger partial charge is 0.165 e. The number of hydrogen-bond donors (Lipinski definition) is 2. The molecule has 0 fully saturated rings. The van der Waals surface area contributed by atoms with E-state index in [0.717, 1.165) is 22.1 Å². The SMILES string of the molecule is CCC(Nc1ccc(F)c(OC)c1)c1cc(Br)ccc1O. The van der Waals surface area contributed by atoms with Gasteiger partial charge in [-0.1, -0.05) is 22.9 Å². The molecule has 0 aliphatic heterocycles. The molecule has 0 amide bonds. The fourth-order valence-corrected chi connectivity index (χ4v) is 2.53. The molecule has 2 rings (SSSR count). The number of benzene rings is 2. The van der Waals surface area contributed by atoms with Gasteiger partial charge in [-0.15, -0.1) is 0 Å². The van der Waals surface area contributed by atoms with Gasteiger partial charge in [0.15, 0.2) is 11.6 Å². The fraction of sp³-hybridized carbons (Fsp3) is 0.250. The lowest BCUT2D eigenvalue weighted by Crippen LogP contribution is -2.10. The summed E-state index contributed by atoms with van der Waals surface area (Å²) in [5.41, 5.74) is 1.52. The molecule has 0 heterocycles. The normalized spacial score (nSPS) is 12.0. The molecule has 2 aromatic rings. The van der Waals surface area contributed by atoms with Gasteiger partial charge in [-0.2, -0.15) is 0 Å². The molecule has 0 saturated heterocycles. The standard InChI is InChI=1S/C16H17BrFNO2/c1-3-14(12-8-10(17)4-7-15(12)20)19-11-5-6-13(18)16(9-11)21-2/h4-9,14,19-20H,3H2,1-2H3. The maximum atomic E-state index is 13.4. The topological polar surface area (TPSA) is 41.5 Å². The van der Waals surface area contributed by atoms with Crippen molar-refractivity contribution in [2.75, 3.05) is 12.4 Å². The Bertz CT molecular complexity index is 634. The van der Waals surface area contributed by atoms with Gasteiger partial charge in [0.2, 0.25) is 0 Å². The summed E-state index contributed by atoms with van der Waals surface area (Å²) in [6.07, 6.45) is 0.768. The first-order chi connectivity index (χ1) is 10.0. The van der Waals surface area contributed by atoms with Crippen LogP contribution in [0.25, 0.3) is 0 Å². The third-order valence-corrected chi connectivity index (χ3v) is 3.76. The lowest BCUT2D eigenvalue weighted by Gasteiger charge is -2.20. The molecule has 112 valence electrons. The van der Waals surface area contributed by atoms with Crippen molar-refractivity contribution in [2.45, 2.75) is 19.4 Å². The van der Waals surface area contributed by atoms with Crippen LogP contribution in [0, 0.1) is 5.82 Å². The Kier molecular flexibility index (Phi) is 5.07. The average Bonchev–Trinajstić information content (AvgIpc) is 2.49. The van der Waals surface area contributed by atoms with E-state index in [9.17, 15) is 9.50 Å². The van der Waals surface area contributed by atoms with Crippen molar-refractivity contribution in [3.63, 3.8) is 0 Å². The van der Waals surface area contributed by atoms with Crippen molar-refractivity contribution in [1.82, 2.24) is 0 Å². The minimum atomic E-state index is -0.401. The van der Waals surface area contributed by atoms with E-state index in [-0.39, 0.29) is 17.5 Å². The van der Waals surface area contributed by atoms with Gasteiger partial charge in [-0.05, 0) is 36.8 Å². The molecule has 0 bridgehead atoms. The summed E-state index contributed by atoms with van der Waals surface area (Å²) in [6, 6.07) is 9.83. The zero-order chi connectivity index (χ0) is 15.4. The highest BCUT2D eigenvalue weighted by Gasteiger charge is 2.15. The number of anilines is 1. The van der Waals surface area contributed by atoms with Crippen LogP contribution in [0.1, 0.15) is 24.9 Å². The van der Waals surface area contributed by atoms with Gasteiger partial charge in [0, 0.05) is 21.8 Å². The number of nitrogens with one attached hydrogen (secondary N) is 1. The lowest BCUT2D eigenvalue weighted by molar-refractivity contribution is 0.386. The molecule has 5 heteroatoms. The van der Waals surface area contributed by atoms with Gasteiger partial charge in [-0.3, -0.25) is 0 Å². The highest BCUT2D eigenvalue weighted by molar-refractivity contribution is 9.10. The van der Waals surface area contributed by atoms with Crippen LogP contribution in [-0.4, -0.2) is 12.2 Å². The zero-order valence-corrected chi connectivity index (χ0v) is 13.4. The molecule has 0 aliphatic carbocycles. The maximum Gasteiger partial charge on any atom is 0.165 e. The summed E-state index contributed by atoms with van der Waals surface area (Å²) in [5.74, 6) is 0.0151. The molecule has 2 N–H and O–H groups in total. The minimum Gasteiger partial charge on any atom is -0.508 e. The van der Waals surface area contributed by atoms with E-state index >= 15 is 0 Å². The van der Waals surface area contributed by atoms with Crippen molar-refractivity contribution in [2.24, 2.45) is 0 Å². The molecule has 1 atom stereocenters. The Morgan fingerprint density at radius 3 is 2.71 bits per heavy atom. The number of phenolic OH excluding ortho intramolecular Hbond substituents is 1. The van der Waals surface area contributed by atoms with Crippen LogP contribution in [0.3, 0.4) is 0 Å². The third-order valence-electron chi connectivity index (χ3n) is 3.27. The molecule has 0 radical (unpaired) electrons. The third kappa shape index (κ3) is 3.67. The van der Waals surface area contributed by atoms with Crippen molar-refractivity contribution in [3.8, 4) is 11.5 Å². The number of rotatable bonds is 5. The highest BCUT2D eigenvalue weighted by Crippen LogP contribution is 2.32. The lowest BCUT2D eigenvalue weighted by atomic mass is 10.0. The van der Waals surface area contributed by atoms with Crippen molar-refractivity contribution >= 4 is 21.6 Å².